The highest BCUT2D eigenvalue weighted by Gasteiger charge is 2.13. The number of carbonyl (C=O) groups is 1. The van der Waals surface area contributed by atoms with Crippen LogP contribution in [0.4, 0.5) is 5.95 Å². The van der Waals surface area contributed by atoms with Gasteiger partial charge in [-0.25, -0.2) is 14.3 Å². The topological polar surface area (TPSA) is 86.9 Å². The molecule has 0 aliphatic rings. The molecule has 0 saturated carbocycles. The molecule has 0 atom stereocenters. The summed E-state index contributed by atoms with van der Waals surface area (Å²) in [5, 5.41) is 12.0. The molecule has 2 aromatic heterocycles. The summed E-state index contributed by atoms with van der Waals surface area (Å²) in [7, 11) is 0. The summed E-state index contributed by atoms with van der Waals surface area (Å²) in [5.41, 5.74) is 4.44. The molecule has 0 fully saturated rings. The molecule has 2 aromatic carbocycles. The highest BCUT2D eigenvalue weighted by atomic mass is 35.5. The second-order valence-corrected chi connectivity index (χ2v) is 7.91. The van der Waals surface area contributed by atoms with Crippen LogP contribution >= 0.6 is 11.6 Å². The maximum Gasteiger partial charge on any atom is 0.278 e. The summed E-state index contributed by atoms with van der Waals surface area (Å²) in [5.74, 6) is 0.520. The van der Waals surface area contributed by atoms with Crippen LogP contribution in [0.25, 0.3) is 0 Å². The predicted molar refractivity (Wildman–Crippen MR) is 122 cm³/mol. The van der Waals surface area contributed by atoms with E-state index in [0.717, 1.165) is 21.7 Å². The van der Waals surface area contributed by atoms with Crippen LogP contribution in [0.15, 0.2) is 55.0 Å². The molecular weight excluding hydrogens is 428 g/mol. The Morgan fingerprint density at radius 1 is 1.03 bits per heavy atom. The summed E-state index contributed by atoms with van der Waals surface area (Å²) < 4.78 is 8.99. The lowest BCUT2D eigenvalue weighted by Crippen LogP contribution is -2.15. The average Bonchev–Trinajstić information content (AvgIpc) is 3.42. The van der Waals surface area contributed by atoms with Crippen LogP contribution < -0.4 is 10.1 Å². The fraction of sp³-hybridized carbons (Fsp3) is 0.217. The summed E-state index contributed by atoms with van der Waals surface area (Å²) in [6.45, 7) is 6.64. The summed E-state index contributed by atoms with van der Waals surface area (Å²) in [6, 6.07) is 13.4. The lowest BCUT2D eigenvalue weighted by molar-refractivity contribution is 0.101. The van der Waals surface area contributed by atoms with Crippen LogP contribution in [0.2, 0.25) is 5.02 Å². The van der Waals surface area contributed by atoms with Crippen molar-refractivity contribution in [1.29, 1.82) is 0 Å². The van der Waals surface area contributed by atoms with Crippen molar-refractivity contribution in [2.24, 2.45) is 0 Å². The predicted octanol–water partition coefficient (Wildman–Crippen LogP) is 4.39. The molecule has 4 aromatic rings. The number of hydrogen-bond acceptors (Lipinski definition) is 5. The largest absolute Gasteiger partial charge is 0.471 e. The van der Waals surface area contributed by atoms with Gasteiger partial charge in [-0.05, 0) is 61.2 Å². The highest BCUT2D eigenvalue weighted by Crippen LogP contribution is 2.26. The van der Waals surface area contributed by atoms with Crippen LogP contribution in [-0.4, -0.2) is 30.5 Å². The SMILES string of the molecule is Cc1ccccc1Cn1cnc(NC(=O)c2ccn(COc3cc(C)c(Cl)c(C)c3)n2)n1. The average molecular weight is 451 g/mol. The molecule has 9 heteroatoms. The monoisotopic (exact) mass is 450 g/mol. The zero-order valence-electron chi connectivity index (χ0n) is 18.0. The van der Waals surface area contributed by atoms with Gasteiger partial charge in [0, 0.05) is 11.2 Å². The van der Waals surface area contributed by atoms with E-state index >= 15 is 0 Å². The van der Waals surface area contributed by atoms with E-state index in [9.17, 15) is 4.79 Å². The van der Waals surface area contributed by atoms with Crippen LogP contribution in [0, 0.1) is 20.8 Å². The first-order chi connectivity index (χ1) is 15.4. The second kappa shape index (κ2) is 9.23. The van der Waals surface area contributed by atoms with Crippen molar-refractivity contribution >= 4 is 23.5 Å². The van der Waals surface area contributed by atoms with Gasteiger partial charge in [0.05, 0.1) is 6.54 Å². The molecule has 0 spiro atoms. The first kappa shape index (κ1) is 21.6. The third-order valence-electron chi connectivity index (χ3n) is 5.00. The Labute approximate surface area is 190 Å². The van der Waals surface area contributed by atoms with Crippen molar-refractivity contribution in [3.05, 3.63) is 88.0 Å². The van der Waals surface area contributed by atoms with E-state index in [0.29, 0.717) is 12.3 Å². The van der Waals surface area contributed by atoms with E-state index in [1.165, 1.54) is 5.56 Å². The normalized spacial score (nSPS) is 10.9. The summed E-state index contributed by atoms with van der Waals surface area (Å²) in [6.07, 6.45) is 3.26. The van der Waals surface area contributed by atoms with E-state index < -0.39 is 5.91 Å². The van der Waals surface area contributed by atoms with Gasteiger partial charge in [0.15, 0.2) is 12.4 Å². The Balaban J connectivity index is 1.35. The van der Waals surface area contributed by atoms with E-state index in [1.54, 1.807) is 28.0 Å². The smallest absolute Gasteiger partial charge is 0.278 e. The number of aromatic nitrogens is 5. The molecule has 164 valence electrons. The third kappa shape index (κ3) is 4.97. The van der Waals surface area contributed by atoms with Crippen molar-refractivity contribution in [2.75, 3.05) is 5.32 Å². The summed E-state index contributed by atoms with van der Waals surface area (Å²) >= 11 is 6.19. The lowest BCUT2D eigenvalue weighted by atomic mass is 10.1. The summed E-state index contributed by atoms with van der Waals surface area (Å²) in [4.78, 5) is 16.7. The number of nitrogens with zero attached hydrogens (tertiary/aromatic N) is 5. The quantitative estimate of drug-likeness (QED) is 0.451. The van der Waals surface area contributed by atoms with Gasteiger partial charge in [-0.1, -0.05) is 35.9 Å². The van der Waals surface area contributed by atoms with E-state index in [1.807, 2.05) is 57.2 Å². The molecule has 4 rings (SSSR count). The number of aryl methyl sites for hydroxylation is 3. The van der Waals surface area contributed by atoms with Crippen LogP contribution in [0.1, 0.15) is 32.7 Å². The maximum absolute atomic E-state index is 12.5. The molecule has 0 bridgehead atoms. The van der Waals surface area contributed by atoms with E-state index in [-0.39, 0.29) is 18.4 Å². The fourth-order valence-corrected chi connectivity index (χ4v) is 3.35. The standard InChI is InChI=1S/C23H23ClN6O2/c1-15-6-4-5-7-18(15)12-30-13-25-23(28-30)26-22(31)20-8-9-29(27-20)14-32-19-10-16(2)21(24)17(3)11-19/h4-11,13H,12,14H2,1-3H3,(H,26,28,31). The van der Waals surface area contributed by atoms with Crippen LogP contribution in [-0.2, 0) is 13.3 Å². The van der Waals surface area contributed by atoms with Crippen molar-refractivity contribution in [3.63, 3.8) is 0 Å². The second-order valence-electron chi connectivity index (χ2n) is 7.53. The Bertz CT molecular complexity index is 1240. The zero-order chi connectivity index (χ0) is 22.7. The van der Waals surface area contributed by atoms with Gasteiger partial charge in [-0.2, -0.15) is 5.10 Å². The fourth-order valence-electron chi connectivity index (χ4n) is 3.24. The van der Waals surface area contributed by atoms with Gasteiger partial charge in [0.1, 0.15) is 12.1 Å². The highest BCUT2D eigenvalue weighted by molar-refractivity contribution is 6.32. The number of carbonyl (C=O) groups excluding carboxylic acids is 1. The van der Waals surface area contributed by atoms with E-state index in [2.05, 4.69) is 20.5 Å². The number of amides is 1. The van der Waals surface area contributed by atoms with Crippen molar-refractivity contribution in [1.82, 2.24) is 24.5 Å². The molecule has 8 nitrogen and oxygen atoms in total. The van der Waals surface area contributed by atoms with Gasteiger partial charge in [-0.3, -0.25) is 10.1 Å². The van der Waals surface area contributed by atoms with Crippen LogP contribution in [0.5, 0.6) is 5.75 Å². The van der Waals surface area contributed by atoms with Gasteiger partial charge < -0.3 is 4.74 Å². The molecule has 0 radical (unpaired) electrons. The first-order valence-electron chi connectivity index (χ1n) is 10.1. The minimum Gasteiger partial charge on any atom is -0.471 e. The molecule has 1 N–H and O–H groups in total. The molecule has 0 saturated heterocycles. The molecule has 0 aliphatic heterocycles. The molecule has 1 amide bonds. The Morgan fingerprint density at radius 2 is 1.78 bits per heavy atom. The number of halogens is 1. The third-order valence-corrected chi connectivity index (χ3v) is 5.60. The lowest BCUT2D eigenvalue weighted by Gasteiger charge is -2.10. The number of ether oxygens (including phenoxy) is 1. The molecular formula is C23H23ClN6O2. The van der Waals surface area contributed by atoms with Crippen molar-refractivity contribution in [3.8, 4) is 5.75 Å². The van der Waals surface area contributed by atoms with Gasteiger partial charge in [-0.15, -0.1) is 5.10 Å². The van der Waals surface area contributed by atoms with Gasteiger partial charge in [0.25, 0.3) is 5.91 Å². The Hall–Kier alpha value is -3.65. The van der Waals surface area contributed by atoms with Crippen LogP contribution in [0.3, 0.4) is 0 Å². The minimum absolute atomic E-state index is 0.164. The number of hydrogen-bond donors (Lipinski definition) is 1. The zero-order valence-corrected chi connectivity index (χ0v) is 18.8. The number of rotatable bonds is 7. The number of anilines is 1. The Morgan fingerprint density at radius 3 is 2.53 bits per heavy atom. The first-order valence-corrected chi connectivity index (χ1v) is 10.4. The molecule has 0 aliphatic carbocycles. The molecule has 2 heterocycles. The molecule has 0 unspecified atom stereocenters. The Kier molecular flexibility index (Phi) is 6.23. The van der Waals surface area contributed by atoms with E-state index in [4.69, 9.17) is 16.3 Å². The van der Waals surface area contributed by atoms with Crippen molar-refractivity contribution in [2.45, 2.75) is 34.0 Å². The van der Waals surface area contributed by atoms with Crippen molar-refractivity contribution < 1.29 is 9.53 Å². The molecule has 32 heavy (non-hydrogen) atoms. The number of nitrogens with one attached hydrogen (secondary N) is 1. The van der Waals surface area contributed by atoms with Gasteiger partial charge >= 0.3 is 0 Å². The minimum atomic E-state index is -0.393. The van der Waals surface area contributed by atoms with Gasteiger partial charge in [0.2, 0.25) is 5.95 Å². The maximum atomic E-state index is 12.5. The number of benzene rings is 2.